The summed E-state index contributed by atoms with van der Waals surface area (Å²) in [5.74, 6) is -0.153. The van der Waals surface area contributed by atoms with E-state index in [9.17, 15) is 14.4 Å². The molecule has 1 aliphatic heterocycles. The summed E-state index contributed by atoms with van der Waals surface area (Å²) in [6, 6.07) is 16.9. The predicted octanol–water partition coefficient (Wildman–Crippen LogP) is 3.03. The molecule has 1 aliphatic rings. The fourth-order valence-corrected chi connectivity index (χ4v) is 3.78. The smallest absolute Gasteiger partial charge is 0.308 e. The van der Waals surface area contributed by atoms with E-state index in [0.717, 1.165) is 24.3 Å². The van der Waals surface area contributed by atoms with Gasteiger partial charge in [0.05, 0.1) is 26.2 Å². The maximum Gasteiger partial charge on any atom is 0.308 e. The fraction of sp³-hybridized carbons (Fsp3) is 0.444. The molecule has 2 aromatic rings. The second kappa shape index (κ2) is 13.4. The summed E-state index contributed by atoms with van der Waals surface area (Å²) in [5, 5.41) is 5.83. The van der Waals surface area contributed by atoms with Crippen molar-refractivity contribution in [2.24, 2.45) is 5.92 Å². The zero-order chi connectivity index (χ0) is 25.0. The molecule has 3 rings (SSSR count). The standard InChI is InChI=1S/C27H35N3O5/c1-20(2)19-35-26(32)17-24-27(33)28-13-14-30(24)25(31)18-29-22-11-6-12-23(16-22)34-15-7-10-21-8-4-3-5-9-21/h3-6,8-9,11-12,16,20,24,29H,7,10,13-15,17-19H2,1-2H3,(H,28,33). The summed E-state index contributed by atoms with van der Waals surface area (Å²) in [6.07, 6.45) is 1.69. The molecule has 0 bridgehead atoms. The number of piperazine rings is 1. The van der Waals surface area contributed by atoms with Gasteiger partial charge in [0.15, 0.2) is 0 Å². The highest BCUT2D eigenvalue weighted by molar-refractivity contribution is 5.93. The number of anilines is 1. The van der Waals surface area contributed by atoms with Gasteiger partial charge in [-0.25, -0.2) is 0 Å². The lowest BCUT2D eigenvalue weighted by atomic mass is 10.1. The third kappa shape index (κ3) is 8.63. The minimum Gasteiger partial charge on any atom is -0.494 e. The zero-order valence-corrected chi connectivity index (χ0v) is 20.5. The minimum atomic E-state index is -0.864. The number of ether oxygens (including phenoxy) is 2. The Hall–Kier alpha value is -3.55. The van der Waals surface area contributed by atoms with Gasteiger partial charge >= 0.3 is 5.97 Å². The van der Waals surface area contributed by atoms with E-state index in [1.165, 1.54) is 10.5 Å². The molecule has 2 aromatic carbocycles. The van der Waals surface area contributed by atoms with E-state index in [1.807, 2.05) is 56.3 Å². The van der Waals surface area contributed by atoms with Gasteiger partial charge < -0.3 is 25.0 Å². The van der Waals surface area contributed by atoms with Crippen molar-refractivity contribution in [3.63, 3.8) is 0 Å². The monoisotopic (exact) mass is 481 g/mol. The normalized spacial score (nSPS) is 15.5. The Bertz CT molecular complexity index is 980. The first-order chi connectivity index (χ1) is 16.9. The van der Waals surface area contributed by atoms with E-state index in [-0.39, 0.29) is 37.3 Å². The number of nitrogens with zero attached hydrogens (tertiary/aromatic N) is 1. The number of hydrogen-bond donors (Lipinski definition) is 2. The molecule has 35 heavy (non-hydrogen) atoms. The third-order valence-corrected chi connectivity index (χ3v) is 5.59. The van der Waals surface area contributed by atoms with Gasteiger partial charge in [0, 0.05) is 24.8 Å². The maximum absolute atomic E-state index is 12.9. The van der Waals surface area contributed by atoms with Gasteiger partial charge in [0.1, 0.15) is 11.8 Å². The molecule has 1 saturated heterocycles. The lowest BCUT2D eigenvalue weighted by Crippen LogP contribution is -2.58. The highest BCUT2D eigenvalue weighted by Gasteiger charge is 2.35. The van der Waals surface area contributed by atoms with Crippen molar-refractivity contribution >= 4 is 23.5 Å². The molecule has 1 unspecified atom stereocenters. The number of amides is 2. The molecular weight excluding hydrogens is 446 g/mol. The quantitative estimate of drug-likeness (QED) is 0.357. The van der Waals surface area contributed by atoms with Gasteiger partial charge in [-0.15, -0.1) is 0 Å². The molecule has 2 N–H and O–H groups in total. The maximum atomic E-state index is 12.9. The largest absolute Gasteiger partial charge is 0.494 e. The van der Waals surface area contributed by atoms with Gasteiger partial charge in [0.25, 0.3) is 0 Å². The molecule has 0 saturated carbocycles. The van der Waals surface area contributed by atoms with E-state index in [1.54, 1.807) is 0 Å². The van der Waals surface area contributed by atoms with Gasteiger partial charge in [-0.2, -0.15) is 0 Å². The molecule has 1 heterocycles. The Kier molecular flexibility index (Phi) is 9.95. The van der Waals surface area contributed by atoms with Crippen molar-refractivity contribution in [3.05, 3.63) is 60.2 Å². The van der Waals surface area contributed by atoms with Crippen LogP contribution in [0.25, 0.3) is 0 Å². The van der Waals surface area contributed by atoms with Crippen molar-refractivity contribution in [2.75, 3.05) is 38.2 Å². The van der Waals surface area contributed by atoms with Crippen LogP contribution in [-0.2, 0) is 25.5 Å². The lowest BCUT2D eigenvalue weighted by Gasteiger charge is -2.34. The van der Waals surface area contributed by atoms with Crippen LogP contribution in [0.3, 0.4) is 0 Å². The molecule has 0 spiro atoms. The number of carbonyl (C=O) groups excluding carboxylic acids is 3. The Morgan fingerprint density at radius 3 is 2.71 bits per heavy atom. The number of nitrogens with one attached hydrogen (secondary N) is 2. The first-order valence-electron chi connectivity index (χ1n) is 12.2. The Labute approximate surface area is 207 Å². The molecule has 0 aliphatic carbocycles. The Balaban J connectivity index is 1.48. The van der Waals surface area contributed by atoms with Crippen LogP contribution in [0.1, 0.15) is 32.3 Å². The van der Waals surface area contributed by atoms with Gasteiger partial charge in [-0.05, 0) is 36.5 Å². The Morgan fingerprint density at radius 1 is 1.14 bits per heavy atom. The number of rotatable bonds is 12. The van der Waals surface area contributed by atoms with Crippen LogP contribution in [0.5, 0.6) is 5.75 Å². The molecule has 8 heteroatoms. The number of carbonyl (C=O) groups is 3. The van der Waals surface area contributed by atoms with E-state index in [4.69, 9.17) is 9.47 Å². The minimum absolute atomic E-state index is 0.00226. The zero-order valence-electron chi connectivity index (χ0n) is 20.5. The predicted molar refractivity (Wildman–Crippen MR) is 134 cm³/mol. The molecular formula is C27H35N3O5. The van der Waals surface area contributed by atoms with Gasteiger partial charge in [-0.3, -0.25) is 14.4 Å². The number of aryl methyl sites for hydroxylation is 1. The highest BCUT2D eigenvalue weighted by atomic mass is 16.5. The Morgan fingerprint density at radius 2 is 1.94 bits per heavy atom. The first-order valence-corrected chi connectivity index (χ1v) is 12.2. The van der Waals surface area contributed by atoms with Crippen molar-refractivity contribution < 1.29 is 23.9 Å². The SMILES string of the molecule is CC(C)COC(=O)CC1C(=O)NCCN1C(=O)CNc1cccc(OCCCc2ccccc2)c1. The number of hydrogen-bond acceptors (Lipinski definition) is 6. The third-order valence-electron chi connectivity index (χ3n) is 5.59. The van der Waals surface area contributed by atoms with Crippen molar-refractivity contribution in [3.8, 4) is 5.75 Å². The summed E-state index contributed by atoms with van der Waals surface area (Å²) in [6.45, 7) is 5.46. The average Bonchev–Trinajstić information content (AvgIpc) is 2.86. The van der Waals surface area contributed by atoms with E-state index in [0.29, 0.717) is 19.7 Å². The first kappa shape index (κ1) is 26.1. The van der Waals surface area contributed by atoms with Crippen molar-refractivity contribution in [2.45, 2.75) is 39.2 Å². The van der Waals surface area contributed by atoms with Crippen LogP contribution in [0, 0.1) is 5.92 Å². The highest BCUT2D eigenvalue weighted by Crippen LogP contribution is 2.18. The summed E-state index contributed by atoms with van der Waals surface area (Å²) >= 11 is 0. The molecule has 2 amide bonds. The van der Waals surface area contributed by atoms with Gasteiger partial charge in [0.2, 0.25) is 11.8 Å². The molecule has 188 valence electrons. The molecule has 0 aromatic heterocycles. The topological polar surface area (TPSA) is 97.0 Å². The van der Waals surface area contributed by atoms with E-state index in [2.05, 4.69) is 22.8 Å². The molecule has 1 fully saturated rings. The van der Waals surface area contributed by atoms with Crippen molar-refractivity contribution in [1.29, 1.82) is 0 Å². The summed E-state index contributed by atoms with van der Waals surface area (Å²) in [4.78, 5) is 38.9. The lowest BCUT2D eigenvalue weighted by molar-refractivity contribution is -0.152. The summed E-state index contributed by atoms with van der Waals surface area (Å²) in [5.41, 5.74) is 2.02. The average molecular weight is 482 g/mol. The van der Waals surface area contributed by atoms with E-state index < -0.39 is 12.0 Å². The molecule has 0 radical (unpaired) electrons. The van der Waals surface area contributed by atoms with Crippen LogP contribution >= 0.6 is 0 Å². The second-order valence-electron chi connectivity index (χ2n) is 8.99. The van der Waals surface area contributed by atoms with Gasteiger partial charge in [-0.1, -0.05) is 50.2 Å². The molecule has 8 nitrogen and oxygen atoms in total. The van der Waals surface area contributed by atoms with Crippen LogP contribution in [0.15, 0.2) is 54.6 Å². The van der Waals surface area contributed by atoms with Crippen LogP contribution < -0.4 is 15.4 Å². The van der Waals surface area contributed by atoms with Crippen LogP contribution in [-0.4, -0.2) is 61.6 Å². The summed E-state index contributed by atoms with van der Waals surface area (Å²) < 4.78 is 11.1. The number of esters is 1. The molecule has 1 atom stereocenters. The fourth-order valence-electron chi connectivity index (χ4n) is 3.78. The number of benzene rings is 2. The van der Waals surface area contributed by atoms with E-state index >= 15 is 0 Å². The summed E-state index contributed by atoms with van der Waals surface area (Å²) in [7, 11) is 0. The van der Waals surface area contributed by atoms with Crippen molar-refractivity contribution in [1.82, 2.24) is 10.2 Å². The van der Waals surface area contributed by atoms with Crippen LogP contribution in [0.2, 0.25) is 0 Å². The van der Waals surface area contributed by atoms with Crippen LogP contribution in [0.4, 0.5) is 5.69 Å². The second-order valence-corrected chi connectivity index (χ2v) is 8.99.